The molecule has 2 aromatic carbocycles. The standard InChI is InChI=1S/C21H15NO6/c1-3-28-21(27)17-20(26)16-14(22(17)10(2)23)9-8-13-15(16)19(25)12-7-5-4-6-11(12)18(13)24/h4-9,17H,3H2,1-2H3/t17-/m0/s1. The van der Waals surface area contributed by atoms with Gasteiger partial charge in [0.25, 0.3) is 0 Å². The van der Waals surface area contributed by atoms with Gasteiger partial charge in [-0.05, 0) is 19.1 Å². The van der Waals surface area contributed by atoms with Crippen LogP contribution < -0.4 is 4.90 Å². The highest BCUT2D eigenvalue weighted by Crippen LogP contribution is 2.40. The Morgan fingerprint density at radius 1 is 0.929 bits per heavy atom. The Bertz CT molecular complexity index is 1100. The quantitative estimate of drug-likeness (QED) is 0.500. The van der Waals surface area contributed by atoms with Gasteiger partial charge >= 0.3 is 5.97 Å². The number of nitrogens with zero attached hydrogens (tertiary/aromatic N) is 1. The zero-order valence-electron chi connectivity index (χ0n) is 15.1. The maximum atomic E-state index is 13.1. The number of ether oxygens (including phenoxy) is 1. The lowest BCUT2D eigenvalue weighted by Crippen LogP contribution is -2.45. The molecule has 0 spiro atoms. The number of fused-ring (bicyclic) bond motifs is 4. The first-order valence-corrected chi connectivity index (χ1v) is 8.74. The molecule has 7 heteroatoms. The summed E-state index contributed by atoms with van der Waals surface area (Å²) in [6.07, 6.45) is 0. The number of benzene rings is 2. The Balaban J connectivity index is 1.96. The van der Waals surface area contributed by atoms with Gasteiger partial charge in [0.05, 0.1) is 17.9 Å². The van der Waals surface area contributed by atoms with E-state index in [9.17, 15) is 24.0 Å². The first-order valence-electron chi connectivity index (χ1n) is 8.74. The molecule has 4 rings (SSSR count). The minimum absolute atomic E-state index is 0.0353. The number of carbonyl (C=O) groups is 5. The van der Waals surface area contributed by atoms with E-state index in [0.29, 0.717) is 0 Å². The molecule has 7 nitrogen and oxygen atoms in total. The van der Waals surface area contributed by atoms with Crippen LogP contribution in [-0.4, -0.2) is 41.9 Å². The smallest absolute Gasteiger partial charge is 0.337 e. The third-order valence-electron chi connectivity index (χ3n) is 4.93. The second-order valence-electron chi connectivity index (χ2n) is 6.49. The van der Waals surface area contributed by atoms with Crippen LogP contribution in [0.1, 0.15) is 56.0 Å². The maximum Gasteiger partial charge on any atom is 0.337 e. The predicted molar refractivity (Wildman–Crippen MR) is 97.7 cm³/mol. The van der Waals surface area contributed by atoms with Crippen LogP contribution in [0.15, 0.2) is 36.4 Å². The Hall–Kier alpha value is -3.61. The first-order chi connectivity index (χ1) is 13.4. The zero-order chi connectivity index (χ0) is 20.2. The highest BCUT2D eigenvalue weighted by Gasteiger charge is 2.49. The van der Waals surface area contributed by atoms with Gasteiger partial charge in [0.2, 0.25) is 5.91 Å². The molecule has 0 bridgehead atoms. The van der Waals surface area contributed by atoms with E-state index in [1.165, 1.54) is 25.1 Å². The van der Waals surface area contributed by atoms with Gasteiger partial charge in [0, 0.05) is 29.2 Å². The molecule has 0 fully saturated rings. The van der Waals surface area contributed by atoms with Crippen molar-refractivity contribution in [3.05, 3.63) is 64.2 Å². The molecule has 0 aromatic heterocycles. The van der Waals surface area contributed by atoms with Gasteiger partial charge in [-0.25, -0.2) is 4.79 Å². The molecule has 0 N–H and O–H groups in total. The molecule has 28 heavy (non-hydrogen) atoms. The van der Waals surface area contributed by atoms with Gasteiger partial charge in [0.15, 0.2) is 23.4 Å². The summed E-state index contributed by atoms with van der Waals surface area (Å²) in [7, 11) is 0. The van der Waals surface area contributed by atoms with Crippen molar-refractivity contribution >= 4 is 34.9 Å². The van der Waals surface area contributed by atoms with Crippen LogP contribution in [0, 0.1) is 0 Å². The number of rotatable bonds is 2. The molecular weight excluding hydrogens is 362 g/mol. The van der Waals surface area contributed by atoms with E-state index >= 15 is 0 Å². The minimum Gasteiger partial charge on any atom is -0.464 e. The van der Waals surface area contributed by atoms with Crippen LogP contribution in [0.4, 0.5) is 5.69 Å². The van der Waals surface area contributed by atoms with Crippen molar-refractivity contribution in [1.82, 2.24) is 0 Å². The van der Waals surface area contributed by atoms with Crippen molar-refractivity contribution in [2.24, 2.45) is 0 Å². The van der Waals surface area contributed by atoms with E-state index in [2.05, 4.69) is 0 Å². The van der Waals surface area contributed by atoms with Crippen LogP contribution in [0.2, 0.25) is 0 Å². The van der Waals surface area contributed by atoms with Crippen molar-refractivity contribution in [1.29, 1.82) is 0 Å². The highest BCUT2D eigenvalue weighted by atomic mass is 16.5. The van der Waals surface area contributed by atoms with E-state index < -0.39 is 29.5 Å². The number of anilines is 1. The van der Waals surface area contributed by atoms with Crippen LogP contribution >= 0.6 is 0 Å². The fraction of sp³-hybridized carbons (Fsp3) is 0.190. The molecule has 2 aliphatic rings. The number of Topliss-reactive ketones (excluding diaryl/α,β-unsaturated/α-hetero) is 1. The number of carbonyl (C=O) groups excluding carboxylic acids is 5. The summed E-state index contributed by atoms with van der Waals surface area (Å²) < 4.78 is 4.95. The first kappa shape index (κ1) is 17.8. The average molecular weight is 377 g/mol. The monoisotopic (exact) mass is 377 g/mol. The lowest BCUT2D eigenvalue weighted by molar-refractivity contribution is -0.144. The fourth-order valence-corrected chi connectivity index (χ4v) is 3.80. The van der Waals surface area contributed by atoms with E-state index in [4.69, 9.17) is 4.74 Å². The van der Waals surface area contributed by atoms with E-state index in [0.717, 1.165) is 4.90 Å². The van der Waals surface area contributed by atoms with Gasteiger partial charge in [-0.15, -0.1) is 0 Å². The van der Waals surface area contributed by atoms with E-state index in [1.807, 2.05) is 0 Å². The Kier molecular flexibility index (Phi) is 3.96. The summed E-state index contributed by atoms with van der Waals surface area (Å²) in [5, 5.41) is 0. The topological polar surface area (TPSA) is 97.8 Å². The number of amides is 1. The molecule has 1 aliphatic carbocycles. The second kappa shape index (κ2) is 6.23. The number of hydrogen-bond donors (Lipinski definition) is 0. The minimum atomic E-state index is -1.50. The Morgan fingerprint density at radius 3 is 2.18 bits per heavy atom. The third-order valence-corrected chi connectivity index (χ3v) is 4.93. The second-order valence-corrected chi connectivity index (χ2v) is 6.49. The predicted octanol–water partition coefficient (Wildman–Crippen LogP) is 1.94. The van der Waals surface area contributed by atoms with E-state index in [-0.39, 0.29) is 45.9 Å². The van der Waals surface area contributed by atoms with Gasteiger partial charge in [-0.2, -0.15) is 0 Å². The van der Waals surface area contributed by atoms with Crippen LogP contribution in [0.3, 0.4) is 0 Å². The van der Waals surface area contributed by atoms with Crippen LogP contribution in [0.25, 0.3) is 0 Å². The van der Waals surface area contributed by atoms with E-state index in [1.54, 1.807) is 25.1 Å². The van der Waals surface area contributed by atoms with Crippen LogP contribution in [0.5, 0.6) is 0 Å². The Morgan fingerprint density at radius 2 is 1.57 bits per heavy atom. The molecule has 2 aromatic rings. The highest BCUT2D eigenvalue weighted by molar-refractivity contribution is 6.35. The molecule has 0 unspecified atom stereocenters. The number of ketones is 3. The lowest BCUT2D eigenvalue weighted by atomic mass is 9.81. The number of hydrogen-bond acceptors (Lipinski definition) is 6. The normalized spacial score (nSPS) is 17.1. The largest absolute Gasteiger partial charge is 0.464 e. The molecule has 140 valence electrons. The van der Waals surface area contributed by atoms with Crippen molar-refractivity contribution in [3.8, 4) is 0 Å². The molecule has 1 amide bonds. The van der Waals surface area contributed by atoms with Crippen molar-refractivity contribution in [2.45, 2.75) is 19.9 Å². The van der Waals surface area contributed by atoms with Crippen LogP contribution in [-0.2, 0) is 14.3 Å². The Labute approximate surface area is 159 Å². The molecule has 0 saturated carbocycles. The van der Waals surface area contributed by atoms with Gasteiger partial charge in [0.1, 0.15) is 0 Å². The zero-order valence-corrected chi connectivity index (χ0v) is 15.1. The van der Waals surface area contributed by atoms with Gasteiger partial charge < -0.3 is 4.74 Å². The summed E-state index contributed by atoms with van der Waals surface area (Å²) in [6.45, 7) is 2.84. The molecule has 1 atom stereocenters. The van der Waals surface area contributed by atoms with Gasteiger partial charge in [-0.3, -0.25) is 24.1 Å². The summed E-state index contributed by atoms with van der Waals surface area (Å²) in [6, 6.07) is 7.69. The van der Waals surface area contributed by atoms with Crippen molar-refractivity contribution < 1.29 is 28.7 Å². The summed E-state index contributed by atoms with van der Waals surface area (Å²) >= 11 is 0. The summed E-state index contributed by atoms with van der Waals surface area (Å²) in [4.78, 5) is 64.7. The number of esters is 1. The SMILES string of the molecule is CCOC(=O)[C@@H]1C(=O)c2c(ccc3c2C(=O)c2ccccc2C3=O)N1C(C)=O. The average Bonchev–Trinajstić information content (AvgIpc) is 2.99. The lowest BCUT2D eigenvalue weighted by Gasteiger charge is -2.22. The summed E-state index contributed by atoms with van der Waals surface area (Å²) in [5.74, 6) is -3.00. The molecule has 1 heterocycles. The van der Waals surface area contributed by atoms with Crippen molar-refractivity contribution in [3.63, 3.8) is 0 Å². The molecular formula is C21H15NO6. The summed E-state index contributed by atoms with van der Waals surface area (Å²) in [5.41, 5.74) is 0.521. The molecule has 1 aliphatic heterocycles. The third kappa shape index (κ3) is 2.26. The fourth-order valence-electron chi connectivity index (χ4n) is 3.80. The molecule has 0 saturated heterocycles. The van der Waals surface area contributed by atoms with Gasteiger partial charge in [-0.1, -0.05) is 24.3 Å². The van der Waals surface area contributed by atoms with Crippen molar-refractivity contribution in [2.75, 3.05) is 11.5 Å². The maximum absolute atomic E-state index is 13.1. The molecule has 0 radical (unpaired) electrons.